The highest BCUT2D eigenvalue weighted by Gasteiger charge is 2.23. The average molecular weight is 839 g/mol. The van der Waals surface area contributed by atoms with Crippen molar-refractivity contribution in [2.45, 2.75) is 0 Å². The largest absolute Gasteiger partial charge is 0.309 e. The fourth-order valence-electron chi connectivity index (χ4n) is 9.83. The summed E-state index contributed by atoms with van der Waals surface area (Å²) >= 11 is 0. The summed E-state index contributed by atoms with van der Waals surface area (Å²) in [6, 6.07) is 85.6. The average Bonchev–Trinajstić information content (AvgIpc) is 3.90. The molecule has 0 aliphatic carbocycles. The van der Waals surface area contributed by atoms with Crippen LogP contribution in [0, 0.1) is 22.7 Å². The van der Waals surface area contributed by atoms with Gasteiger partial charge in [0.15, 0.2) is 0 Å². The molecule has 10 aromatic carbocycles. The van der Waals surface area contributed by atoms with E-state index in [2.05, 4.69) is 203 Å². The SMILES string of the molecule is N#Cc1cccc(-c2cc(-n3c4ccc(-c5ccccc5)cc4c4cc(-c5ccccc5)ccc43)c(C#N)cc2-n2c3ccc(-c4ccccc4)cc3c3cc(-c4ccccc4)ccc32)c1. The van der Waals surface area contributed by atoms with Gasteiger partial charge in [0, 0.05) is 27.1 Å². The van der Waals surface area contributed by atoms with Crippen LogP contribution in [0.2, 0.25) is 0 Å². The van der Waals surface area contributed by atoms with Crippen molar-refractivity contribution in [2.75, 3.05) is 0 Å². The molecule has 0 fully saturated rings. The normalized spacial score (nSPS) is 11.3. The third kappa shape index (κ3) is 6.45. The lowest BCUT2D eigenvalue weighted by Gasteiger charge is -2.19. The highest BCUT2D eigenvalue weighted by Crippen LogP contribution is 2.43. The van der Waals surface area contributed by atoms with Crippen molar-refractivity contribution in [1.82, 2.24) is 9.13 Å². The summed E-state index contributed by atoms with van der Waals surface area (Å²) in [5.74, 6) is 0. The molecule has 2 aromatic heterocycles. The molecule has 4 heteroatoms. The van der Waals surface area contributed by atoms with Crippen molar-refractivity contribution in [3.8, 4) is 79.1 Å². The van der Waals surface area contributed by atoms with E-state index in [-0.39, 0.29) is 0 Å². The Kier molecular flexibility index (Phi) is 9.23. The van der Waals surface area contributed by atoms with Crippen LogP contribution in [0.3, 0.4) is 0 Å². The van der Waals surface area contributed by atoms with E-state index in [1.807, 2.05) is 48.5 Å². The number of nitriles is 2. The molecule has 66 heavy (non-hydrogen) atoms. The summed E-state index contributed by atoms with van der Waals surface area (Å²) < 4.78 is 4.55. The standard InChI is InChI=1S/C62H38N4/c63-39-41-14-13-23-50(32-41)52-38-61(65-57-28-24-46(42-15-5-1-6-16-42)33-53(57)54-34-47(25-29-58(54)65)43-17-7-2-8-18-43)51(40-64)37-62(52)66-59-30-26-48(44-19-9-3-10-20-44)35-55(59)56-36-49(27-31-60(56)66)45-21-11-4-12-22-45/h1-38H. The second-order valence-electron chi connectivity index (χ2n) is 16.8. The van der Waals surface area contributed by atoms with Crippen LogP contribution in [0.15, 0.2) is 231 Å². The minimum atomic E-state index is 0.528. The zero-order chi connectivity index (χ0) is 44.1. The lowest BCUT2D eigenvalue weighted by atomic mass is 9.97. The van der Waals surface area contributed by atoms with Gasteiger partial charge >= 0.3 is 0 Å². The first-order valence-corrected chi connectivity index (χ1v) is 22.1. The van der Waals surface area contributed by atoms with Crippen molar-refractivity contribution in [3.63, 3.8) is 0 Å². The summed E-state index contributed by atoms with van der Waals surface area (Å²) in [6.07, 6.45) is 0. The molecule has 0 aliphatic rings. The molecule has 0 unspecified atom stereocenters. The molecule has 2 heterocycles. The lowest BCUT2D eigenvalue weighted by molar-refractivity contribution is 1.14. The zero-order valence-corrected chi connectivity index (χ0v) is 35.7. The number of hydrogen-bond donors (Lipinski definition) is 0. The van der Waals surface area contributed by atoms with E-state index in [1.54, 1.807) is 0 Å². The smallest absolute Gasteiger partial charge is 0.101 e. The fourth-order valence-corrected chi connectivity index (χ4v) is 9.83. The van der Waals surface area contributed by atoms with Crippen LogP contribution in [-0.4, -0.2) is 9.13 Å². The molecule has 4 nitrogen and oxygen atoms in total. The number of rotatable bonds is 7. The predicted molar refractivity (Wildman–Crippen MR) is 272 cm³/mol. The van der Waals surface area contributed by atoms with E-state index < -0.39 is 0 Å². The van der Waals surface area contributed by atoms with Gasteiger partial charge < -0.3 is 9.13 Å². The van der Waals surface area contributed by atoms with Crippen molar-refractivity contribution in [3.05, 3.63) is 242 Å². The molecule has 0 atom stereocenters. The van der Waals surface area contributed by atoms with Gasteiger partial charge in [-0.1, -0.05) is 158 Å². The van der Waals surface area contributed by atoms with Crippen LogP contribution in [0.25, 0.3) is 111 Å². The van der Waals surface area contributed by atoms with E-state index in [0.29, 0.717) is 11.1 Å². The van der Waals surface area contributed by atoms with Gasteiger partial charge in [-0.15, -0.1) is 0 Å². The van der Waals surface area contributed by atoms with E-state index in [1.165, 1.54) is 0 Å². The number of aromatic nitrogens is 2. The Balaban J connectivity index is 1.16. The van der Waals surface area contributed by atoms with Crippen molar-refractivity contribution >= 4 is 43.6 Å². The predicted octanol–water partition coefficient (Wildman–Crippen LogP) is 16.0. The van der Waals surface area contributed by atoms with Crippen LogP contribution < -0.4 is 0 Å². The van der Waals surface area contributed by atoms with E-state index >= 15 is 0 Å². The topological polar surface area (TPSA) is 57.4 Å². The zero-order valence-electron chi connectivity index (χ0n) is 35.7. The molecule has 0 N–H and O–H groups in total. The molecule has 0 spiro atoms. The number of hydrogen-bond acceptors (Lipinski definition) is 2. The Morgan fingerprint density at radius 2 is 0.636 bits per heavy atom. The lowest BCUT2D eigenvalue weighted by Crippen LogP contribution is -2.04. The van der Waals surface area contributed by atoms with Crippen molar-refractivity contribution in [2.24, 2.45) is 0 Å². The highest BCUT2D eigenvalue weighted by molar-refractivity contribution is 6.14. The molecule has 0 saturated heterocycles. The number of nitrogens with zero attached hydrogens (tertiary/aromatic N) is 4. The number of benzene rings is 10. The molecule has 12 rings (SSSR count). The highest BCUT2D eigenvalue weighted by atomic mass is 15.0. The van der Waals surface area contributed by atoms with Crippen molar-refractivity contribution < 1.29 is 0 Å². The molecule has 0 amide bonds. The molecule has 0 saturated carbocycles. The maximum Gasteiger partial charge on any atom is 0.101 e. The Hall–Kier alpha value is -9.22. The molecular formula is C62H38N4. The van der Waals surface area contributed by atoms with Crippen LogP contribution in [0.1, 0.15) is 11.1 Å². The summed E-state index contributed by atoms with van der Waals surface area (Å²) in [6.45, 7) is 0. The molecule has 306 valence electrons. The first kappa shape index (κ1) is 38.5. The van der Waals surface area contributed by atoms with Gasteiger partial charge in [-0.25, -0.2) is 0 Å². The monoisotopic (exact) mass is 838 g/mol. The maximum atomic E-state index is 11.3. The first-order chi connectivity index (χ1) is 32.6. The van der Waals surface area contributed by atoms with Gasteiger partial charge in [-0.3, -0.25) is 0 Å². The van der Waals surface area contributed by atoms with Crippen LogP contribution in [-0.2, 0) is 0 Å². The van der Waals surface area contributed by atoms with Crippen LogP contribution in [0.4, 0.5) is 0 Å². The van der Waals surface area contributed by atoms with Gasteiger partial charge in [0.05, 0.1) is 50.6 Å². The summed E-state index contributed by atoms with van der Waals surface area (Å²) in [4.78, 5) is 0. The minimum absolute atomic E-state index is 0.528. The van der Waals surface area contributed by atoms with E-state index in [9.17, 15) is 10.5 Å². The Morgan fingerprint density at radius 1 is 0.273 bits per heavy atom. The van der Waals surface area contributed by atoms with Gasteiger partial charge in [0.25, 0.3) is 0 Å². The van der Waals surface area contributed by atoms with Gasteiger partial charge in [0.1, 0.15) is 6.07 Å². The fraction of sp³-hybridized carbons (Fsp3) is 0. The number of fused-ring (bicyclic) bond motifs is 6. The molecule has 0 bridgehead atoms. The summed E-state index contributed by atoms with van der Waals surface area (Å²) in [5.41, 5.74) is 17.5. The van der Waals surface area contributed by atoms with E-state index in [0.717, 1.165) is 111 Å². The second kappa shape index (κ2) is 15.8. The second-order valence-corrected chi connectivity index (χ2v) is 16.8. The third-order valence-electron chi connectivity index (χ3n) is 13.0. The molecule has 12 aromatic rings. The Morgan fingerprint density at radius 3 is 1.00 bits per heavy atom. The quantitative estimate of drug-likeness (QED) is 0.161. The Bertz CT molecular complexity index is 3730. The minimum Gasteiger partial charge on any atom is -0.309 e. The molecule has 0 aliphatic heterocycles. The van der Waals surface area contributed by atoms with Gasteiger partial charge in [-0.2, -0.15) is 10.5 Å². The molecular weight excluding hydrogens is 801 g/mol. The molecule has 0 radical (unpaired) electrons. The maximum absolute atomic E-state index is 11.3. The van der Waals surface area contributed by atoms with Gasteiger partial charge in [0.2, 0.25) is 0 Å². The summed E-state index contributed by atoms with van der Waals surface area (Å²) in [7, 11) is 0. The van der Waals surface area contributed by atoms with Crippen LogP contribution >= 0.6 is 0 Å². The third-order valence-corrected chi connectivity index (χ3v) is 13.0. The first-order valence-electron chi connectivity index (χ1n) is 22.1. The van der Waals surface area contributed by atoms with Crippen LogP contribution in [0.5, 0.6) is 0 Å². The van der Waals surface area contributed by atoms with Gasteiger partial charge in [-0.05, 0) is 123 Å². The van der Waals surface area contributed by atoms with E-state index in [4.69, 9.17) is 0 Å². The Labute approximate surface area is 382 Å². The summed E-state index contributed by atoms with van der Waals surface area (Å²) in [5, 5.41) is 26.0. The van der Waals surface area contributed by atoms with Crippen molar-refractivity contribution in [1.29, 1.82) is 10.5 Å².